The molecule has 1 aliphatic rings. The van der Waals surface area contributed by atoms with Gasteiger partial charge in [0.1, 0.15) is 6.29 Å². The van der Waals surface area contributed by atoms with Crippen molar-refractivity contribution < 1.29 is 13.2 Å². The Morgan fingerprint density at radius 1 is 1.33 bits per heavy atom. The van der Waals surface area contributed by atoms with Gasteiger partial charge in [-0.2, -0.15) is 4.31 Å². The number of carbonyl (C=O) groups is 1. The molecule has 1 aromatic carbocycles. The van der Waals surface area contributed by atoms with Crippen LogP contribution >= 0.6 is 15.9 Å². The summed E-state index contributed by atoms with van der Waals surface area (Å²) in [6, 6.07) is 6.74. The topological polar surface area (TPSA) is 54.5 Å². The summed E-state index contributed by atoms with van der Waals surface area (Å²) in [5.41, 5.74) is 0. The Bertz CT molecular complexity index is 544. The first-order valence-electron chi connectivity index (χ1n) is 5.75. The highest BCUT2D eigenvalue weighted by Crippen LogP contribution is 2.27. The van der Waals surface area contributed by atoms with Crippen molar-refractivity contribution >= 4 is 32.2 Å². The predicted octanol–water partition coefficient (Wildman–Crippen LogP) is 2.05. The van der Waals surface area contributed by atoms with Crippen LogP contribution in [0.3, 0.4) is 0 Å². The third-order valence-electron chi connectivity index (χ3n) is 3.07. The van der Waals surface area contributed by atoms with E-state index in [1.165, 1.54) is 4.31 Å². The Kier molecular flexibility index (Phi) is 4.19. The van der Waals surface area contributed by atoms with E-state index in [0.29, 0.717) is 11.0 Å². The first kappa shape index (κ1) is 13.7. The molecule has 1 saturated heterocycles. The lowest BCUT2D eigenvalue weighted by molar-refractivity contribution is -0.112. The summed E-state index contributed by atoms with van der Waals surface area (Å²) >= 11 is 3.26. The van der Waals surface area contributed by atoms with E-state index < -0.39 is 10.0 Å². The molecule has 1 aliphatic heterocycles. The minimum absolute atomic E-state index is 0.184. The van der Waals surface area contributed by atoms with Crippen molar-refractivity contribution in [1.29, 1.82) is 0 Å². The molecule has 1 fully saturated rings. The van der Waals surface area contributed by atoms with Gasteiger partial charge in [-0.05, 0) is 40.9 Å². The van der Waals surface area contributed by atoms with Gasteiger partial charge in [-0.25, -0.2) is 8.42 Å². The molecule has 2 rings (SSSR count). The molecule has 0 aromatic heterocycles. The first-order valence-corrected chi connectivity index (χ1v) is 7.99. The Morgan fingerprint density at radius 2 is 2.06 bits per heavy atom. The van der Waals surface area contributed by atoms with Gasteiger partial charge in [0.2, 0.25) is 10.0 Å². The average Bonchev–Trinajstić information content (AvgIpc) is 2.39. The van der Waals surface area contributed by atoms with Crippen LogP contribution in [0, 0.1) is 5.92 Å². The molecule has 0 aliphatic carbocycles. The number of carbonyl (C=O) groups excluding carboxylic acids is 1. The molecule has 0 bridgehead atoms. The lowest BCUT2D eigenvalue weighted by Crippen LogP contribution is -2.40. The molecule has 0 saturated carbocycles. The van der Waals surface area contributed by atoms with Gasteiger partial charge in [0, 0.05) is 23.5 Å². The highest BCUT2D eigenvalue weighted by molar-refractivity contribution is 9.10. The van der Waals surface area contributed by atoms with E-state index in [9.17, 15) is 13.2 Å². The van der Waals surface area contributed by atoms with E-state index in [-0.39, 0.29) is 17.4 Å². The van der Waals surface area contributed by atoms with Gasteiger partial charge in [0.15, 0.2) is 0 Å². The number of sulfonamides is 1. The summed E-state index contributed by atoms with van der Waals surface area (Å²) in [4.78, 5) is 11.1. The van der Waals surface area contributed by atoms with Crippen molar-refractivity contribution in [3.63, 3.8) is 0 Å². The quantitative estimate of drug-likeness (QED) is 0.796. The maximum atomic E-state index is 12.4. The largest absolute Gasteiger partial charge is 0.303 e. The number of benzene rings is 1. The summed E-state index contributed by atoms with van der Waals surface area (Å²) in [5, 5.41) is 0. The molecule has 0 radical (unpaired) electrons. The minimum Gasteiger partial charge on any atom is -0.303 e. The summed E-state index contributed by atoms with van der Waals surface area (Å²) in [6.07, 6.45) is 2.35. The van der Waals surface area contributed by atoms with E-state index in [0.717, 1.165) is 19.1 Å². The van der Waals surface area contributed by atoms with Crippen LogP contribution in [0.1, 0.15) is 12.8 Å². The van der Waals surface area contributed by atoms with Gasteiger partial charge in [0.05, 0.1) is 4.90 Å². The standard InChI is InChI=1S/C12H14BrNO3S/c13-11-5-1-2-6-12(11)18(16,17)14-7-3-4-10(8-14)9-15/h1-2,5-6,9-10H,3-4,7-8H2. The third-order valence-corrected chi connectivity index (χ3v) is 5.94. The lowest BCUT2D eigenvalue weighted by Gasteiger charge is -2.29. The van der Waals surface area contributed by atoms with Crippen molar-refractivity contribution in [3.05, 3.63) is 28.7 Å². The van der Waals surface area contributed by atoms with E-state index in [1.54, 1.807) is 24.3 Å². The van der Waals surface area contributed by atoms with E-state index in [1.807, 2.05) is 0 Å². The molecule has 1 unspecified atom stereocenters. The molecular formula is C12H14BrNO3S. The van der Waals surface area contributed by atoms with Gasteiger partial charge in [-0.15, -0.1) is 0 Å². The van der Waals surface area contributed by atoms with Crippen molar-refractivity contribution in [2.24, 2.45) is 5.92 Å². The molecule has 0 amide bonds. The first-order chi connectivity index (χ1) is 8.55. The fraction of sp³-hybridized carbons (Fsp3) is 0.417. The van der Waals surface area contributed by atoms with Crippen molar-refractivity contribution in [2.75, 3.05) is 13.1 Å². The highest BCUT2D eigenvalue weighted by Gasteiger charge is 2.31. The molecule has 1 aromatic rings. The van der Waals surface area contributed by atoms with E-state index in [4.69, 9.17) is 0 Å². The van der Waals surface area contributed by atoms with Crippen molar-refractivity contribution in [1.82, 2.24) is 4.31 Å². The predicted molar refractivity (Wildman–Crippen MR) is 71.7 cm³/mol. The maximum absolute atomic E-state index is 12.4. The van der Waals surface area contributed by atoms with Gasteiger partial charge >= 0.3 is 0 Å². The number of rotatable bonds is 3. The van der Waals surface area contributed by atoms with Crippen LogP contribution in [-0.4, -0.2) is 32.1 Å². The molecule has 0 spiro atoms. The molecule has 6 heteroatoms. The Labute approximate surface area is 115 Å². The smallest absolute Gasteiger partial charge is 0.244 e. The van der Waals surface area contributed by atoms with Crippen LogP contribution < -0.4 is 0 Å². The van der Waals surface area contributed by atoms with Gasteiger partial charge in [-0.3, -0.25) is 0 Å². The van der Waals surface area contributed by atoms with Crippen LogP contribution in [0.5, 0.6) is 0 Å². The van der Waals surface area contributed by atoms with Crippen LogP contribution in [0.15, 0.2) is 33.6 Å². The molecule has 98 valence electrons. The zero-order valence-corrected chi connectivity index (χ0v) is 12.2. The minimum atomic E-state index is -3.51. The normalized spacial score (nSPS) is 21.7. The monoisotopic (exact) mass is 331 g/mol. The molecule has 4 nitrogen and oxygen atoms in total. The Morgan fingerprint density at radius 3 is 2.72 bits per heavy atom. The zero-order valence-electron chi connectivity index (χ0n) is 9.75. The molecular weight excluding hydrogens is 318 g/mol. The molecule has 0 N–H and O–H groups in total. The van der Waals surface area contributed by atoms with Crippen LogP contribution in [0.2, 0.25) is 0 Å². The Balaban J connectivity index is 2.31. The number of nitrogens with zero attached hydrogens (tertiary/aromatic N) is 1. The third kappa shape index (κ3) is 2.65. The number of halogens is 1. The zero-order chi connectivity index (χ0) is 13.2. The molecule has 1 heterocycles. The number of piperidine rings is 1. The van der Waals surface area contributed by atoms with Crippen LogP contribution in [-0.2, 0) is 14.8 Å². The van der Waals surface area contributed by atoms with Crippen molar-refractivity contribution in [2.45, 2.75) is 17.7 Å². The second kappa shape index (κ2) is 5.50. The van der Waals surface area contributed by atoms with Crippen LogP contribution in [0.4, 0.5) is 0 Å². The summed E-state index contributed by atoms with van der Waals surface area (Å²) in [5.74, 6) is -0.184. The number of hydrogen-bond donors (Lipinski definition) is 0. The second-order valence-corrected chi connectivity index (χ2v) is 7.09. The average molecular weight is 332 g/mol. The second-order valence-electron chi connectivity index (χ2n) is 4.33. The highest BCUT2D eigenvalue weighted by atomic mass is 79.9. The lowest BCUT2D eigenvalue weighted by atomic mass is 10.0. The summed E-state index contributed by atoms with van der Waals surface area (Å²) in [6.45, 7) is 0.765. The van der Waals surface area contributed by atoms with Gasteiger partial charge in [-0.1, -0.05) is 12.1 Å². The summed E-state index contributed by atoms with van der Waals surface area (Å²) < 4.78 is 26.9. The number of hydrogen-bond acceptors (Lipinski definition) is 3. The Hall–Kier alpha value is -0.720. The van der Waals surface area contributed by atoms with Crippen LogP contribution in [0.25, 0.3) is 0 Å². The fourth-order valence-corrected chi connectivity index (χ4v) is 4.60. The van der Waals surface area contributed by atoms with Crippen molar-refractivity contribution in [3.8, 4) is 0 Å². The fourth-order valence-electron chi connectivity index (χ4n) is 2.10. The molecule has 18 heavy (non-hydrogen) atoms. The van der Waals surface area contributed by atoms with E-state index in [2.05, 4.69) is 15.9 Å². The number of aldehydes is 1. The molecule has 1 atom stereocenters. The van der Waals surface area contributed by atoms with Gasteiger partial charge < -0.3 is 4.79 Å². The SMILES string of the molecule is O=CC1CCCN(S(=O)(=O)c2ccccc2Br)C1. The maximum Gasteiger partial charge on any atom is 0.244 e. The van der Waals surface area contributed by atoms with E-state index >= 15 is 0 Å². The van der Waals surface area contributed by atoms with Gasteiger partial charge in [0.25, 0.3) is 0 Å². The summed E-state index contributed by atoms with van der Waals surface area (Å²) in [7, 11) is -3.51.